The van der Waals surface area contributed by atoms with E-state index in [1.807, 2.05) is 12.1 Å². The van der Waals surface area contributed by atoms with Crippen molar-refractivity contribution in [1.82, 2.24) is 5.16 Å². The van der Waals surface area contributed by atoms with Gasteiger partial charge in [-0.1, -0.05) is 21.1 Å². The van der Waals surface area contributed by atoms with Crippen LogP contribution in [0.1, 0.15) is 25.7 Å². The standard InChI is InChI=1S/C15H17BrN2O3/c1-19-13-7-9(16)6-11(12-8-18-21-15(12)17)14(13)20-10-4-2-3-5-10/h6-8,10H,2-5,17H2,1H3. The van der Waals surface area contributed by atoms with Crippen LogP contribution in [0.4, 0.5) is 5.88 Å². The molecule has 1 saturated carbocycles. The van der Waals surface area contributed by atoms with Gasteiger partial charge in [-0.2, -0.15) is 0 Å². The van der Waals surface area contributed by atoms with Gasteiger partial charge in [0.05, 0.1) is 25.0 Å². The molecule has 0 atom stereocenters. The maximum atomic E-state index is 6.19. The summed E-state index contributed by atoms with van der Waals surface area (Å²) < 4.78 is 17.5. The van der Waals surface area contributed by atoms with Gasteiger partial charge in [0.1, 0.15) is 0 Å². The molecule has 0 amide bonds. The molecule has 2 N–H and O–H groups in total. The summed E-state index contributed by atoms with van der Waals surface area (Å²) in [6.07, 6.45) is 6.36. The second kappa shape index (κ2) is 5.97. The number of benzene rings is 1. The summed E-state index contributed by atoms with van der Waals surface area (Å²) in [5, 5.41) is 3.74. The molecule has 0 saturated heterocycles. The summed E-state index contributed by atoms with van der Waals surface area (Å²) in [6, 6.07) is 3.83. The Labute approximate surface area is 131 Å². The van der Waals surface area contributed by atoms with Gasteiger partial charge in [-0.3, -0.25) is 0 Å². The van der Waals surface area contributed by atoms with E-state index in [2.05, 4.69) is 21.1 Å². The zero-order valence-electron chi connectivity index (χ0n) is 11.8. The Balaban J connectivity index is 2.07. The third kappa shape index (κ3) is 2.85. The van der Waals surface area contributed by atoms with Crippen molar-refractivity contribution in [3.05, 3.63) is 22.8 Å². The maximum absolute atomic E-state index is 6.19. The molecule has 1 aromatic heterocycles. The van der Waals surface area contributed by atoms with Crippen LogP contribution in [0.25, 0.3) is 11.1 Å². The molecule has 1 aromatic carbocycles. The summed E-state index contributed by atoms with van der Waals surface area (Å²) in [4.78, 5) is 0. The minimum atomic E-state index is 0.222. The highest BCUT2D eigenvalue weighted by Gasteiger charge is 2.23. The fourth-order valence-corrected chi connectivity index (χ4v) is 3.10. The Morgan fingerprint density at radius 2 is 2.05 bits per heavy atom. The first-order valence-corrected chi connectivity index (χ1v) is 7.73. The van der Waals surface area contributed by atoms with Gasteiger partial charge < -0.3 is 19.7 Å². The first kappa shape index (κ1) is 14.3. The zero-order chi connectivity index (χ0) is 14.8. The van der Waals surface area contributed by atoms with Crippen molar-refractivity contribution in [2.75, 3.05) is 12.8 Å². The summed E-state index contributed by atoms with van der Waals surface area (Å²) in [6.45, 7) is 0. The van der Waals surface area contributed by atoms with Crippen molar-refractivity contribution in [2.45, 2.75) is 31.8 Å². The lowest BCUT2D eigenvalue weighted by molar-refractivity contribution is 0.202. The number of ether oxygens (including phenoxy) is 2. The molecule has 0 radical (unpaired) electrons. The molecule has 2 aromatic rings. The Morgan fingerprint density at radius 3 is 2.67 bits per heavy atom. The molecular formula is C15H17BrN2O3. The molecule has 112 valence electrons. The number of nitrogens with zero attached hydrogens (tertiary/aromatic N) is 1. The zero-order valence-corrected chi connectivity index (χ0v) is 13.4. The van der Waals surface area contributed by atoms with Gasteiger partial charge in [0.2, 0.25) is 5.88 Å². The highest BCUT2D eigenvalue weighted by Crippen LogP contribution is 2.44. The number of hydrogen-bond acceptors (Lipinski definition) is 5. The molecule has 3 rings (SSSR count). The second-order valence-electron chi connectivity index (χ2n) is 5.11. The van der Waals surface area contributed by atoms with E-state index in [1.165, 1.54) is 12.8 Å². The van der Waals surface area contributed by atoms with Crippen LogP contribution in [0.5, 0.6) is 11.5 Å². The van der Waals surface area contributed by atoms with E-state index in [0.717, 1.165) is 22.9 Å². The predicted octanol–water partition coefficient (Wildman–Crippen LogP) is 4.02. The lowest BCUT2D eigenvalue weighted by Crippen LogP contribution is -2.12. The number of nitrogens with two attached hydrogens (primary N) is 1. The van der Waals surface area contributed by atoms with Crippen LogP contribution in [-0.2, 0) is 0 Å². The highest BCUT2D eigenvalue weighted by molar-refractivity contribution is 9.10. The number of anilines is 1. The largest absolute Gasteiger partial charge is 0.493 e. The summed E-state index contributed by atoms with van der Waals surface area (Å²) in [5.41, 5.74) is 7.39. The Kier molecular flexibility index (Phi) is 4.05. The van der Waals surface area contributed by atoms with Gasteiger partial charge in [0.25, 0.3) is 0 Å². The van der Waals surface area contributed by atoms with Gasteiger partial charge in [-0.15, -0.1) is 0 Å². The minimum Gasteiger partial charge on any atom is -0.493 e. The maximum Gasteiger partial charge on any atom is 0.230 e. The van der Waals surface area contributed by atoms with Gasteiger partial charge in [0, 0.05) is 10.0 Å². The summed E-state index contributed by atoms with van der Waals surface area (Å²) in [5.74, 6) is 1.64. The third-order valence-electron chi connectivity index (χ3n) is 3.71. The molecule has 0 aliphatic heterocycles. The van der Waals surface area contributed by atoms with Gasteiger partial charge in [-0.05, 0) is 37.8 Å². The van der Waals surface area contributed by atoms with E-state index in [9.17, 15) is 0 Å². The minimum absolute atomic E-state index is 0.222. The van der Waals surface area contributed by atoms with E-state index < -0.39 is 0 Å². The number of aromatic nitrogens is 1. The van der Waals surface area contributed by atoms with Gasteiger partial charge in [-0.25, -0.2) is 0 Å². The molecule has 1 aliphatic rings. The molecule has 0 spiro atoms. The topological polar surface area (TPSA) is 70.5 Å². The fourth-order valence-electron chi connectivity index (χ4n) is 2.67. The van der Waals surface area contributed by atoms with Crippen molar-refractivity contribution in [1.29, 1.82) is 0 Å². The quantitative estimate of drug-likeness (QED) is 0.899. The van der Waals surface area contributed by atoms with Crippen LogP contribution < -0.4 is 15.2 Å². The smallest absolute Gasteiger partial charge is 0.230 e. The first-order valence-electron chi connectivity index (χ1n) is 6.93. The predicted molar refractivity (Wildman–Crippen MR) is 83.5 cm³/mol. The lowest BCUT2D eigenvalue weighted by Gasteiger charge is -2.19. The van der Waals surface area contributed by atoms with Crippen LogP contribution in [0.15, 0.2) is 27.3 Å². The van der Waals surface area contributed by atoms with Crippen LogP contribution >= 0.6 is 15.9 Å². The van der Waals surface area contributed by atoms with Crippen LogP contribution in [0.2, 0.25) is 0 Å². The first-order chi connectivity index (χ1) is 10.2. The normalized spacial score (nSPS) is 15.3. The van der Waals surface area contributed by atoms with Crippen LogP contribution in [-0.4, -0.2) is 18.4 Å². The third-order valence-corrected chi connectivity index (χ3v) is 4.17. The van der Waals surface area contributed by atoms with E-state index in [-0.39, 0.29) is 12.0 Å². The molecule has 0 unspecified atom stereocenters. The van der Waals surface area contributed by atoms with E-state index in [1.54, 1.807) is 13.3 Å². The fraction of sp³-hybridized carbons (Fsp3) is 0.400. The Bertz CT molecular complexity index is 636. The van der Waals surface area contributed by atoms with E-state index in [4.69, 9.17) is 19.7 Å². The Hall–Kier alpha value is -1.69. The number of hydrogen-bond donors (Lipinski definition) is 1. The average molecular weight is 353 g/mol. The Morgan fingerprint density at radius 1 is 1.29 bits per heavy atom. The molecule has 6 heteroatoms. The molecule has 21 heavy (non-hydrogen) atoms. The SMILES string of the molecule is COc1cc(Br)cc(-c2cnoc2N)c1OC1CCCC1. The van der Waals surface area contributed by atoms with E-state index >= 15 is 0 Å². The van der Waals surface area contributed by atoms with Crippen molar-refractivity contribution >= 4 is 21.8 Å². The van der Waals surface area contributed by atoms with Crippen LogP contribution in [0, 0.1) is 0 Å². The summed E-state index contributed by atoms with van der Waals surface area (Å²) >= 11 is 3.48. The van der Waals surface area contributed by atoms with Crippen molar-refractivity contribution in [2.24, 2.45) is 0 Å². The number of rotatable bonds is 4. The number of methoxy groups -OCH3 is 1. The second-order valence-corrected chi connectivity index (χ2v) is 6.03. The molecule has 1 fully saturated rings. The van der Waals surface area contributed by atoms with Crippen molar-refractivity contribution in [3.63, 3.8) is 0 Å². The number of halogens is 1. The average Bonchev–Trinajstić information content (AvgIpc) is 3.11. The van der Waals surface area contributed by atoms with Crippen LogP contribution in [0.3, 0.4) is 0 Å². The van der Waals surface area contributed by atoms with Crippen molar-refractivity contribution < 1.29 is 14.0 Å². The lowest BCUT2D eigenvalue weighted by atomic mass is 10.1. The monoisotopic (exact) mass is 352 g/mol. The molecule has 1 heterocycles. The molecule has 0 bridgehead atoms. The van der Waals surface area contributed by atoms with Gasteiger partial charge in [0.15, 0.2) is 11.5 Å². The molecular weight excluding hydrogens is 336 g/mol. The molecule has 1 aliphatic carbocycles. The van der Waals surface area contributed by atoms with Crippen molar-refractivity contribution in [3.8, 4) is 22.6 Å². The highest BCUT2D eigenvalue weighted by atomic mass is 79.9. The van der Waals surface area contributed by atoms with Gasteiger partial charge >= 0.3 is 0 Å². The van der Waals surface area contributed by atoms with E-state index in [0.29, 0.717) is 17.1 Å². The molecule has 5 nitrogen and oxygen atoms in total. The summed E-state index contributed by atoms with van der Waals surface area (Å²) in [7, 11) is 1.63. The number of nitrogen functional groups attached to an aromatic ring is 1.